The van der Waals surface area contributed by atoms with Crippen LogP contribution in [0.4, 0.5) is 0 Å². The zero-order valence-corrected chi connectivity index (χ0v) is 5.89. The maximum absolute atomic E-state index is 8.00. The summed E-state index contributed by atoms with van der Waals surface area (Å²) in [5, 5.41) is 0. The normalized spacial score (nSPS) is 51.8. The average molecular weight is 128 g/mol. The van der Waals surface area contributed by atoms with Crippen molar-refractivity contribution < 1.29 is 9.53 Å². The number of hydrogen-bond donors (Lipinski definition) is 0. The molecule has 0 aromatic rings. The van der Waals surface area contributed by atoms with Gasteiger partial charge in [0.1, 0.15) is 6.79 Å². The van der Waals surface area contributed by atoms with E-state index in [1.54, 1.807) is 0 Å². The Bertz CT molecular complexity index is 108. The molecule has 3 unspecified atom stereocenters. The molecule has 52 valence electrons. The summed E-state index contributed by atoms with van der Waals surface area (Å²) in [6.45, 7) is 6.41. The highest BCUT2D eigenvalue weighted by molar-refractivity contribution is 5.17. The van der Waals surface area contributed by atoms with Crippen LogP contribution in [-0.4, -0.2) is 18.5 Å². The number of ether oxygens (including phenoxy) is 1. The lowest BCUT2D eigenvalue weighted by molar-refractivity contribution is -0.0979. The minimum absolute atomic E-state index is 0.417. The van der Waals surface area contributed by atoms with Crippen molar-refractivity contribution in [2.45, 2.75) is 32.0 Å². The molecule has 2 fully saturated rings. The van der Waals surface area contributed by atoms with E-state index in [1.165, 1.54) is 6.42 Å². The molecule has 3 atom stereocenters. The second kappa shape index (κ2) is 1.81. The van der Waals surface area contributed by atoms with Crippen molar-refractivity contribution in [1.82, 2.24) is 0 Å². The first-order valence-corrected chi connectivity index (χ1v) is 3.22. The number of epoxide rings is 1. The standard InChI is InChI=1S/C6H10O.CH2O/c1-4-3-6(4)5(2)7-6;1-2/h4-5H,3H2,1-2H3;1H2. The van der Waals surface area contributed by atoms with Crippen molar-refractivity contribution >= 4 is 6.79 Å². The highest BCUT2D eigenvalue weighted by Crippen LogP contribution is 2.61. The van der Waals surface area contributed by atoms with Gasteiger partial charge in [-0.05, 0) is 19.3 Å². The topological polar surface area (TPSA) is 29.6 Å². The summed E-state index contributed by atoms with van der Waals surface area (Å²) < 4.78 is 5.33. The lowest BCUT2D eigenvalue weighted by Gasteiger charge is -1.71. The summed E-state index contributed by atoms with van der Waals surface area (Å²) in [6.07, 6.45) is 1.90. The molecule has 1 spiro atoms. The largest absolute Gasteiger partial charge is 0.366 e. The van der Waals surface area contributed by atoms with Gasteiger partial charge in [0.05, 0.1) is 11.7 Å². The molecule has 0 bridgehead atoms. The molecule has 2 nitrogen and oxygen atoms in total. The van der Waals surface area contributed by atoms with E-state index in [9.17, 15) is 0 Å². The van der Waals surface area contributed by atoms with Gasteiger partial charge in [-0.3, -0.25) is 0 Å². The van der Waals surface area contributed by atoms with Gasteiger partial charge in [0.2, 0.25) is 0 Å². The third-order valence-corrected chi connectivity index (χ3v) is 2.33. The summed E-state index contributed by atoms with van der Waals surface area (Å²) in [5.74, 6) is 0.863. The summed E-state index contributed by atoms with van der Waals surface area (Å²) in [4.78, 5) is 8.00. The molecule has 9 heavy (non-hydrogen) atoms. The fourth-order valence-corrected chi connectivity index (χ4v) is 1.45. The molecule has 2 heteroatoms. The molecule has 2 rings (SSSR count). The van der Waals surface area contributed by atoms with Crippen molar-refractivity contribution in [2.24, 2.45) is 5.92 Å². The minimum atomic E-state index is 0.417. The van der Waals surface area contributed by atoms with Gasteiger partial charge < -0.3 is 9.53 Å². The van der Waals surface area contributed by atoms with E-state index in [0.717, 1.165) is 5.92 Å². The number of rotatable bonds is 0. The third-order valence-electron chi connectivity index (χ3n) is 2.33. The lowest BCUT2D eigenvalue weighted by atomic mass is 10.3. The van der Waals surface area contributed by atoms with Crippen molar-refractivity contribution in [3.8, 4) is 0 Å². The Balaban J connectivity index is 0.000000186. The molecule has 1 aliphatic carbocycles. The van der Waals surface area contributed by atoms with Gasteiger partial charge >= 0.3 is 0 Å². The molecular formula is C7H12O2. The van der Waals surface area contributed by atoms with Crippen LogP contribution < -0.4 is 0 Å². The second-order valence-corrected chi connectivity index (χ2v) is 2.82. The predicted octanol–water partition coefficient (Wildman–Crippen LogP) is 0.999. The number of hydrogen-bond acceptors (Lipinski definition) is 2. The summed E-state index contributed by atoms with van der Waals surface area (Å²) in [7, 11) is 0. The summed E-state index contributed by atoms with van der Waals surface area (Å²) in [5.41, 5.74) is 0.417. The highest BCUT2D eigenvalue weighted by Gasteiger charge is 2.69. The van der Waals surface area contributed by atoms with Crippen LogP contribution in [0.1, 0.15) is 20.3 Å². The van der Waals surface area contributed by atoms with Crippen LogP contribution in [0.5, 0.6) is 0 Å². The predicted molar refractivity (Wildman–Crippen MR) is 34.2 cm³/mol. The monoisotopic (exact) mass is 128 g/mol. The first-order chi connectivity index (χ1) is 4.26. The van der Waals surface area contributed by atoms with Crippen molar-refractivity contribution in [3.05, 3.63) is 0 Å². The second-order valence-electron chi connectivity index (χ2n) is 2.82. The van der Waals surface area contributed by atoms with Crippen LogP contribution in [-0.2, 0) is 9.53 Å². The third kappa shape index (κ3) is 0.778. The van der Waals surface area contributed by atoms with Crippen LogP contribution in [0.2, 0.25) is 0 Å². The summed E-state index contributed by atoms with van der Waals surface area (Å²) in [6, 6.07) is 0. The molecule has 1 saturated heterocycles. The van der Waals surface area contributed by atoms with Crippen LogP contribution in [0.3, 0.4) is 0 Å². The van der Waals surface area contributed by atoms with E-state index in [-0.39, 0.29) is 0 Å². The molecule has 0 amide bonds. The minimum Gasteiger partial charge on any atom is -0.366 e. The molecule has 1 saturated carbocycles. The van der Waals surface area contributed by atoms with E-state index in [4.69, 9.17) is 9.53 Å². The van der Waals surface area contributed by atoms with Crippen molar-refractivity contribution in [1.29, 1.82) is 0 Å². The van der Waals surface area contributed by atoms with Crippen LogP contribution >= 0.6 is 0 Å². The van der Waals surface area contributed by atoms with Gasteiger partial charge in [-0.2, -0.15) is 0 Å². The molecule has 1 heterocycles. The molecule has 2 aliphatic rings. The van der Waals surface area contributed by atoms with E-state index < -0.39 is 0 Å². The lowest BCUT2D eigenvalue weighted by Crippen LogP contribution is -1.87. The van der Waals surface area contributed by atoms with E-state index in [2.05, 4.69) is 13.8 Å². The van der Waals surface area contributed by atoms with E-state index in [1.807, 2.05) is 6.79 Å². The van der Waals surface area contributed by atoms with E-state index in [0.29, 0.717) is 11.7 Å². The first kappa shape index (κ1) is 6.75. The van der Waals surface area contributed by atoms with Gasteiger partial charge in [-0.15, -0.1) is 0 Å². The van der Waals surface area contributed by atoms with Gasteiger partial charge in [-0.25, -0.2) is 0 Å². The Labute approximate surface area is 55.2 Å². The molecule has 1 aliphatic heterocycles. The number of carbonyl (C=O) groups excluding carboxylic acids is 1. The SMILES string of the molecule is C=O.CC1CC12OC2C. The zero-order valence-electron chi connectivity index (χ0n) is 5.89. The number of carbonyl (C=O) groups is 1. The Morgan fingerprint density at radius 3 is 1.89 bits per heavy atom. The quantitative estimate of drug-likeness (QED) is 0.455. The van der Waals surface area contributed by atoms with E-state index >= 15 is 0 Å². The summed E-state index contributed by atoms with van der Waals surface area (Å²) >= 11 is 0. The Hall–Kier alpha value is -0.370. The molecule has 0 N–H and O–H groups in total. The zero-order chi connectivity index (χ0) is 7.07. The first-order valence-electron chi connectivity index (χ1n) is 3.22. The fraction of sp³-hybridized carbons (Fsp3) is 0.857. The Morgan fingerprint density at radius 2 is 1.89 bits per heavy atom. The van der Waals surface area contributed by atoms with Gasteiger partial charge in [0.15, 0.2) is 0 Å². The molecule has 0 aromatic carbocycles. The molecule has 0 radical (unpaired) electrons. The fourth-order valence-electron chi connectivity index (χ4n) is 1.45. The average Bonchev–Trinajstić information content (AvgIpc) is 2.64. The van der Waals surface area contributed by atoms with Gasteiger partial charge in [0.25, 0.3) is 0 Å². The van der Waals surface area contributed by atoms with Crippen molar-refractivity contribution in [3.63, 3.8) is 0 Å². The maximum Gasteiger partial charge on any atom is 0.106 e. The van der Waals surface area contributed by atoms with Crippen LogP contribution in [0, 0.1) is 5.92 Å². The van der Waals surface area contributed by atoms with Crippen LogP contribution in [0.15, 0.2) is 0 Å². The maximum atomic E-state index is 8.00. The Morgan fingerprint density at radius 1 is 1.56 bits per heavy atom. The van der Waals surface area contributed by atoms with Gasteiger partial charge in [0, 0.05) is 0 Å². The highest BCUT2D eigenvalue weighted by atomic mass is 16.6. The smallest absolute Gasteiger partial charge is 0.106 e. The van der Waals surface area contributed by atoms with Gasteiger partial charge in [-0.1, -0.05) is 6.92 Å². The van der Waals surface area contributed by atoms with Crippen molar-refractivity contribution in [2.75, 3.05) is 0 Å². The Kier molecular flexibility index (Phi) is 1.35. The molecular weight excluding hydrogens is 116 g/mol. The molecule has 0 aromatic heterocycles. The van der Waals surface area contributed by atoms with Crippen LogP contribution in [0.25, 0.3) is 0 Å².